The lowest BCUT2D eigenvalue weighted by atomic mass is 10.2. The Labute approximate surface area is 68.9 Å². The minimum atomic E-state index is 0.183. The highest BCUT2D eigenvalue weighted by Gasteiger charge is 2.03. The van der Waals surface area contributed by atoms with Crippen molar-refractivity contribution < 1.29 is 9.86 Å². The predicted molar refractivity (Wildman–Crippen MR) is 42.2 cm³/mol. The van der Waals surface area contributed by atoms with Gasteiger partial charge in [0, 0.05) is 0 Å². The van der Waals surface area contributed by atoms with Gasteiger partial charge >= 0.3 is 0 Å². The zero-order valence-corrected chi connectivity index (χ0v) is 6.18. The molecule has 1 aliphatic rings. The van der Waals surface area contributed by atoms with Crippen molar-refractivity contribution in [1.82, 2.24) is 0 Å². The first-order chi connectivity index (χ1) is 5.86. The van der Waals surface area contributed by atoms with Crippen LogP contribution in [0.25, 0.3) is 6.08 Å². The van der Waals surface area contributed by atoms with E-state index in [0.29, 0.717) is 5.75 Å². The predicted octanol–water partition coefficient (Wildman–Crippen LogP) is 1.93. The summed E-state index contributed by atoms with van der Waals surface area (Å²) in [7, 11) is 0. The Hall–Kier alpha value is -1.84. The summed E-state index contributed by atoms with van der Waals surface area (Å²) in [6.07, 6.45) is 3.12. The Kier molecular flexibility index (Phi) is 1.51. The summed E-state index contributed by atoms with van der Waals surface area (Å²) in [6.45, 7) is 0. The lowest BCUT2D eigenvalue weighted by molar-refractivity contribution is -0.744. The van der Waals surface area contributed by atoms with Gasteiger partial charge in [0.05, 0.1) is 10.9 Å². The molecule has 0 aromatic heterocycles. The molecule has 1 aliphatic heterocycles. The lowest BCUT2D eigenvalue weighted by Gasteiger charge is -2.03. The summed E-state index contributed by atoms with van der Waals surface area (Å²) in [5.74, 6) is 0.519. The number of fused-ring (bicyclic) bond motifs is 1. The first-order valence-electron chi connectivity index (χ1n) is 3.48. The molecule has 0 spiro atoms. The van der Waals surface area contributed by atoms with E-state index in [9.17, 15) is 5.21 Å². The molecular weight excluding hydrogens is 156 g/mol. The fourth-order valence-electron chi connectivity index (χ4n) is 0.977. The van der Waals surface area contributed by atoms with Crippen LogP contribution in [0.3, 0.4) is 0 Å². The standard InChI is InChI=1S/C8H6N2O2/c11-10-9-6-5-7-3-1-2-4-8(7)12-10/h1-6H. The van der Waals surface area contributed by atoms with Crippen molar-refractivity contribution >= 4 is 6.08 Å². The van der Waals surface area contributed by atoms with Gasteiger partial charge in [-0.15, -0.1) is 0 Å². The van der Waals surface area contributed by atoms with Gasteiger partial charge in [0.25, 0.3) is 0 Å². The largest absolute Gasteiger partial charge is 0.344 e. The van der Waals surface area contributed by atoms with E-state index in [1.54, 1.807) is 18.2 Å². The van der Waals surface area contributed by atoms with Crippen LogP contribution in [0, 0.1) is 5.21 Å². The maximum atomic E-state index is 10.7. The Bertz CT molecular complexity index is 358. The lowest BCUT2D eigenvalue weighted by Crippen LogP contribution is -2.04. The highest BCUT2D eigenvalue weighted by molar-refractivity contribution is 5.56. The maximum Gasteiger partial charge on any atom is 0.178 e. The zero-order chi connectivity index (χ0) is 8.39. The highest BCUT2D eigenvalue weighted by Crippen LogP contribution is 2.21. The third kappa shape index (κ3) is 1.14. The Morgan fingerprint density at radius 2 is 2.17 bits per heavy atom. The molecule has 1 aromatic rings. The Morgan fingerprint density at radius 3 is 3.08 bits per heavy atom. The van der Waals surface area contributed by atoms with E-state index in [1.807, 2.05) is 12.1 Å². The summed E-state index contributed by atoms with van der Waals surface area (Å²) in [6, 6.07) is 7.23. The maximum absolute atomic E-state index is 10.7. The van der Waals surface area contributed by atoms with E-state index in [4.69, 9.17) is 4.84 Å². The van der Waals surface area contributed by atoms with Gasteiger partial charge in [0.2, 0.25) is 0 Å². The third-order valence-corrected chi connectivity index (χ3v) is 1.51. The minimum Gasteiger partial charge on any atom is -0.344 e. The van der Waals surface area contributed by atoms with Crippen LogP contribution in [0.4, 0.5) is 0 Å². The van der Waals surface area contributed by atoms with Crippen LogP contribution in [0.1, 0.15) is 5.56 Å². The molecule has 2 rings (SSSR count). The van der Waals surface area contributed by atoms with Crippen molar-refractivity contribution in [1.29, 1.82) is 0 Å². The van der Waals surface area contributed by atoms with Crippen molar-refractivity contribution in [2.75, 3.05) is 0 Å². The number of para-hydroxylation sites is 1. The van der Waals surface area contributed by atoms with Gasteiger partial charge in [-0.25, -0.2) is 5.21 Å². The van der Waals surface area contributed by atoms with Gasteiger partial charge in [-0.05, 0) is 17.7 Å². The second-order valence-corrected chi connectivity index (χ2v) is 2.30. The minimum absolute atomic E-state index is 0.183. The van der Waals surface area contributed by atoms with Crippen LogP contribution in [0.5, 0.6) is 5.75 Å². The second kappa shape index (κ2) is 2.65. The molecule has 0 fully saturated rings. The van der Waals surface area contributed by atoms with Gasteiger partial charge in [-0.3, -0.25) is 0 Å². The molecule has 0 bridgehead atoms. The molecule has 0 amide bonds. The first-order valence-corrected chi connectivity index (χ1v) is 3.48. The summed E-state index contributed by atoms with van der Waals surface area (Å²) >= 11 is 0. The van der Waals surface area contributed by atoms with Crippen molar-refractivity contribution in [3.8, 4) is 5.75 Å². The Balaban J connectivity index is 2.49. The zero-order valence-electron chi connectivity index (χ0n) is 6.18. The molecule has 0 saturated heterocycles. The third-order valence-electron chi connectivity index (χ3n) is 1.51. The van der Waals surface area contributed by atoms with Crippen LogP contribution in [-0.4, -0.2) is 5.02 Å². The van der Waals surface area contributed by atoms with E-state index in [-0.39, 0.29) is 5.02 Å². The summed E-state index contributed by atoms with van der Waals surface area (Å²) in [4.78, 5) is 4.81. The Morgan fingerprint density at radius 1 is 1.33 bits per heavy atom. The molecule has 12 heavy (non-hydrogen) atoms. The monoisotopic (exact) mass is 162 g/mol. The molecule has 0 saturated carbocycles. The molecule has 0 radical (unpaired) electrons. The topological polar surface area (TPSA) is 47.7 Å². The van der Waals surface area contributed by atoms with Crippen LogP contribution >= 0.6 is 0 Å². The van der Waals surface area contributed by atoms with Gasteiger partial charge in [-0.2, -0.15) is 0 Å². The second-order valence-electron chi connectivity index (χ2n) is 2.30. The molecule has 0 aliphatic carbocycles. The fourth-order valence-corrected chi connectivity index (χ4v) is 0.977. The molecule has 0 atom stereocenters. The number of hydrogen-bond donors (Lipinski definition) is 0. The summed E-state index contributed by atoms with van der Waals surface area (Å²) in [5.41, 5.74) is 0.847. The SMILES string of the molecule is [O-][N+]1=NC=Cc2ccccc2O1. The number of benzene rings is 1. The van der Waals surface area contributed by atoms with Crippen molar-refractivity contribution in [3.05, 3.63) is 41.2 Å². The van der Waals surface area contributed by atoms with Gasteiger partial charge in [0.15, 0.2) is 5.02 Å². The number of nitrogens with zero attached hydrogens (tertiary/aromatic N) is 2. The van der Waals surface area contributed by atoms with E-state index in [0.717, 1.165) is 5.56 Å². The van der Waals surface area contributed by atoms with Crippen molar-refractivity contribution in [2.45, 2.75) is 0 Å². The summed E-state index contributed by atoms with van der Waals surface area (Å²) < 4.78 is 0. The number of hydrogen-bond acceptors (Lipinski definition) is 3. The molecule has 4 heteroatoms. The molecule has 4 nitrogen and oxygen atoms in total. The van der Waals surface area contributed by atoms with Gasteiger partial charge in [0.1, 0.15) is 6.20 Å². The fraction of sp³-hybridized carbons (Fsp3) is 0. The quantitative estimate of drug-likeness (QED) is 0.547. The molecule has 0 N–H and O–H groups in total. The molecule has 0 unspecified atom stereocenters. The van der Waals surface area contributed by atoms with Crippen LogP contribution in [0.15, 0.2) is 35.6 Å². The smallest absolute Gasteiger partial charge is 0.178 e. The molecular formula is C8H6N2O2. The number of rotatable bonds is 0. The molecule has 1 heterocycles. The normalized spacial score (nSPS) is 14.2. The van der Waals surface area contributed by atoms with E-state index in [1.165, 1.54) is 6.20 Å². The van der Waals surface area contributed by atoms with Crippen LogP contribution in [-0.2, 0) is 0 Å². The van der Waals surface area contributed by atoms with Gasteiger partial charge < -0.3 is 4.84 Å². The molecule has 60 valence electrons. The van der Waals surface area contributed by atoms with E-state index >= 15 is 0 Å². The first kappa shape index (κ1) is 6.84. The van der Waals surface area contributed by atoms with E-state index in [2.05, 4.69) is 5.11 Å². The molecule has 1 aromatic carbocycles. The average molecular weight is 162 g/mol. The van der Waals surface area contributed by atoms with Crippen LogP contribution in [0.2, 0.25) is 0 Å². The summed E-state index contributed by atoms with van der Waals surface area (Å²) in [5, 5.41) is 14.3. The average Bonchev–Trinajstić information content (AvgIpc) is 2.25. The highest BCUT2D eigenvalue weighted by atomic mass is 16.9. The van der Waals surface area contributed by atoms with Crippen molar-refractivity contribution in [2.24, 2.45) is 5.11 Å². The van der Waals surface area contributed by atoms with Crippen molar-refractivity contribution in [3.63, 3.8) is 0 Å². The van der Waals surface area contributed by atoms with Crippen LogP contribution < -0.4 is 4.84 Å². The van der Waals surface area contributed by atoms with E-state index < -0.39 is 0 Å². The van der Waals surface area contributed by atoms with Gasteiger partial charge in [-0.1, -0.05) is 18.2 Å².